The van der Waals surface area contributed by atoms with Gasteiger partial charge in [0.2, 0.25) is 0 Å². The highest BCUT2D eigenvalue weighted by Gasteiger charge is 2.16. The maximum absolute atomic E-state index is 11.9. The number of rotatable bonds is 8. The molecule has 1 aromatic carbocycles. The minimum Gasteiger partial charge on any atom is -0.575 e. The SMILES string of the molecule is Cc1ccc(O/[P+]([O-])=N/C(C)C(=O)O)cc1OCc1cnc(C)c(O)c1CN. The highest BCUT2D eigenvalue weighted by atomic mass is 31.1. The molecule has 0 spiro atoms. The fourth-order valence-corrected chi connectivity index (χ4v) is 3.01. The van der Waals surface area contributed by atoms with Gasteiger partial charge in [0, 0.05) is 29.9 Å². The molecule has 10 heteroatoms. The molecule has 0 aliphatic rings. The molecule has 150 valence electrons. The van der Waals surface area contributed by atoms with E-state index in [9.17, 15) is 14.8 Å². The van der Waals surface area contributed by atoms with Crippen LogP contribution in [0.3, 0.4) is 0 Å². The number of benzene rings is 1. The summed E-state index contributed by atoms with van der Waals surface area (Å²) in [6, 6.07) is 3.69. The molecule has 2 atom stereocenters. The average Bonchev–Trinajstić information content (AvgIpc) is 2.64. The van der Waals surface area contributed by atoms with Crippen LogP contribution in [0.4, 0.5) is 0 Å². The van der Waals surface area contributed by atoms with Crippen molar-refractivity contribution < 1.29 is 29.2 Å². The van der Waals surface area contributed by atoms with E-state index >= 15 is 0 Å². The van der Waals surface area contributed by atoms with Gasteiger partial charge in [0.05, 0.1) is 5.69 Å². The summed E-state index contributed by atoms with van der Waals surface area (Å²) in [4.78, 5) is 26.7. The van der Waals surface area contributed by atoms with Gasteiger partial charge in [0.15, 0.2) is 11.8 Å². The highest BCUT2D eigenvalue weighted by Crippen LogP contribution is 2.31. The van der Waals surface area contributed by atoms with Gasteiger partial charge in [-0.25, -0.2) is 4.79 Å². The van der Waals surface area contributed by atoms with Gasteiger partial charge in [0.25, 0.3) is 0 Å². The fourth-order valence-electron chi connectivity index (χ4n) is 2.29. The molecule has 0 fully saturated rings. The monoisotopic (exact) mass is 407 g/mol. The van der Waals surface area contributed by atoms with Gasteiger partial charge in [0.1, 0.15) is 18.1 Å². The second-order valence-corrected chi connectivity index (χ2v) is 6.96. The summed E-state index contributed by atoms with van der Waals surface area (Å²) in [5.74, 6) is -0.448. The molecule has 1 heterocycles. The molecule has 0 amide bonds. The first kappa shape index (κ1) is 21.6. The number of nitrogens with zero attached hydrogens (tertiary/aromatic N) is 2. The Hall–Kier alpha value is -2.74. The Morgan fingerprint density at radius 2 is 2.14 bits per heavy atom. The number of aromatic nitrogens is 1. The molecular formula is C18H22N3O6P. The normalized spacial score (nSPS) is 12.5. The number of hydrogen-bond donors (Lipinski definition) is 3. The molecule has 2 unspecified atom stereocenters. The molecule has 2 rings (SSSR count). The van der Waals surface area contributed by atoms with Crippen LogP contribution in [0.25, 0.3) is 0 Å². The third kappa shape index (κ3) is 5.39. The number of aliphatic carboxylic acids is 1. The zero-order valence-corrected chi connectivity index (χ0v) is 16.6. The highest BCUT2D eigenvalue weighted by molar-refractivity contribution is 7.34. The Morgan fingerprint density at radius 1 is 1.43 bits per heavy atom. The Kier molecular flexibility index (Phi) is 7.28. The first-order valence-corrected chi connectivity index (χ1v) is 9.54. The van der Waals surface area contributed by atoms with Crippen LogP contribution in [0.15, 0.2) is 29.1 Å². The maximum Gasteiger partial charge on any atom is 0.395 e. The summed E-state index contributed by atoms with van der Waals surface area (Å²) >= 11 is 0. The molecule has 0 bridgehead atoms. The number of pyridine rings is 1. The van der Waals surface area contributed by atoms with Gasteiger partial charge >= 0.3 is 14.1 Å². The number of ether oxygens (including phenoxy) is 1. The number of carboxylic acid groups (broad SMARTS) is 1. The molecule has 0 aliphatic carbocycles. The molecule has 2 aromatic rings. The summed E-state index contributed by atoms with van der Waals surface area (Å²) in [6.07, 6.45) is 1.59. The van der Waals surface area contributed by atoms with Crippen molar-refractivity contribution in [1.29, 1.82) is 0 Å². The second kappa shape index (κ2) is 9.45. The van der Waals surface area contributed by atoms with Gasteiger partial charge in [-0.15, -0.1) is 0 Å². The number of carbonyl (C=O) groups is 1. The van der Waals surface area contributed by atoms with E-state index in [2.05, 4.69) is 9.73 Å². The van der Waals surface area contributed by atoms with E-state index < -0.39 is 20.2 Å². The number of hydrogen-bond acceptors (Lipinski definition) is 8. The quantitative estimate of drug-likeness (QED) is 0.563. The third-order valence-electron chi connectivity index (χ3n) is 3.99. The van der Waals surface area contributed by atoms with Gasteiger partial charge < -0.3 is 25.6 Å². The van der Waals surface area contributed by atoms with Crippen molar-refractivity contribution in [1.82, 2.24) is 4.98 Å². The zero-order valence-electron chi connectivity index (χ0n) is 15.7. The third-order valence-corrected chi connectivity index (χ3v) is 4.89. The van der Waals surface area contributed by atoms with Crippen molar-refractivity contribution in [3.63, 3.8) is 0 Å². The van der Waals surface area contributed by atoms with E-state index in [1.807, 2.05) is 6.92 Å². The van der Waals surface area contributed by atoms with Crippen LogP contribution in [0.1, 0.15) is 29.3 Å². The number of nitrogens with two attached hydrogens (primary N) is 1. The van der Waals surface area contributed by atoms with Crippen molar-refractivity contribution >= 4 is 14.1 Å². The van der Waals surface area contributed by atoms with Gasteiger partial charge in [-0.1, -0.05) is 10.8 Å². The summed E-state index contributed by atoms with van der Waals surface area (Å²) in [5.41, 5.74) is 8.20. The Bertz CT molecular complexity index is 903. The minimum atomic E-state index is -2.54. The Balaban J connectivity index is 2.16. The van der Waals surface area contributed by atoms with Crippen LogP contribution in [0.2, 0.25) is 0 Å². The molecule has 9 nitrogen and oxygen atoms in total. The lowest BCUT2D eigenvalue weighted by atomic mass is 10.1. The van der Waals surface area contributed by atoms with Crippen molar-refractivity contribution in [3.05, 3.63) is 46.8 Å². The standard InChI is InChI=1S/C18H22N3O6P/c1-10-4-5-14(27-28(25)21-12(3)18(23)24)6-16(10)26-9-13-8-20-11(2)17(22)15(13)7-19/h4-6,8,12,22H,7,9,19H2,1-3H3,(H,23,24). The van der Waals surface area contributed by atoms with Crippen LogP contribution >= 0.6 is 8.17 Å². The molecule has 28 heavy (non-hydrogen) atoms. The lowest BCUT2D eigenvalue weighted by Crippen LogP contribution is -2.13. The van der Waals surface area contributed by atoms with E-state index in [-0.39, 0.29) is 24.7 Å². The Morgan fingerprint density at radius 3 is 2.79 bits per heavy atom. The summed E-state index contributed by atoms with van der Waals surface area (Å²) < 4.78 is 14.5. The van der Waals surface area contributed by atoms with Crippen molar-refractivity contribution in [2.75, 3.05) is 0 Å². The summed E-state index contributed by atoms with van der Waals surface area (Å²) in [6.45, 7) is 5.07. The van der Waals surface area contributed by atoms with Gasteiger partial charge in [-0.2, -0.15) is 0 Å². The smallest absolute Gasteiger partial charge is 0.395 e. The van der Waals surface area contributed by atoms with E-state index in [0.717, 1.165) is 5.56 Å². The second-order valence-electron chi connectivity index (χ2n) is 6.07. The molecule has 0 saturated heterocycles. The lowest BCUT2D eigenvalue weighted by molar-refractivity contribution is -0.169. The van der Waals surface area contributed by atoms with Crippen LogP contribution < -0.4 is 19.9 Å². The van der Waals surface area contributed by atoms with Crippen LogP contribution in [0.5, 0.6) is 17.2 Å². The predicted octanol–water partition coefficient (Wildman–Crippen LogP) is 2.15. The van der Waals surface area contributed by atoms with Gasteiger partial charge in [-0.3, -0.25) is 9.51 Å². The first-order chi connectivity index (χ1) is 13.2. The number of aryl methyl sites for hydroxylation is 2. The molecule has 0 radical (unpaired) electrons. The number of aromatic hydroxyl groups is 1. The average molecular weight is 407 g/mol. The van der Waals surface area contributed by atoms with E-state index in [4.69, 9.17) is 20.1 Å². The van der Waals surface area contributed by atoms with Gasteiger partial charge in [-0.05, 0) is 32.4 Å². The largest absolute Gasteiger partial charge is 0.575 e. The fraction of sp³-hybridized carbons (Fsp3) is 0.333. The van der Waals surface area contributed by atoms with Crippen molar-refractivity contribution in [2.24, 2.45) is 10.5 Å². The van der Waals surface area contributed by atoms with Crippen LogP contribution in [-0.2, 0) is 17.9 Å². The summed E-state index contributed by atoms with van der Waals surface area (Å²) in [5, 5.41) is 18.9. The molecule has 4 N–H and O–H groups in total. The number of carboxylic acids is 1. The molecule has 0 saturated carbocycles. The topological polar surface area (TPSA) is 150 Å². The predicted molar refractivity (Wildman–Crippen MR) is 101 cm³/mol. The summed E-state index contributed by atoms with van der Waals surface area (Å²) in [7, 11) is -2.54. The van der Waals surface area contributed by atoms with E-state index in [0.29, 0.717) is 22.6 Å². The first-order valence-electron chi connectivity index (χ1n) is 8.41. The molecule has 0 aliphatic heterocycles. The zero-order chi connectivity index (χ0) is 20.8. The lowest BCUT2D eigenvalue weighted by Gasteiger charge is -2.14. The molecule has 1 aromatic heterocycles. The van der Waals surface area contributed by atoms with Crippen molar-refractivity contribution in [2.45, 2.75) is 40.0 Å². The minimum absolute atomic E-state index is 0.0450. The van der Waals surface area contributed by atoms with Crippen LogP contribution in [-0.4, -0.2) is 27.2 Å². The maximum atomic E-state index is 11.9. The van der Waals surface area contributed by atoms with Crippen LogP contribution in [0, 0.1) is 13.8 Å². The van der Waals surface area contributed by atoms with E-state index in [1.165, 1.54) is 13.0 Å². The van der Waals surface area contributed by atoms with E-state index in [1.54, 1.807) is 25.3 Å². The van der Waals surface area contributed by atoms with Crippen molar-refractivity contribution in [3.8, 4) is 17.2 Å². The molecular weight excluding hydrogens is 385 g/mol. The Labute approximate surface area is 163 Å².